The molecule has 0 aliphatic rings. The average Bonchev–Trinajstić information content (AvgIpc) is 2.96. The summed E-state index contributed by atoms with van der Waals surface area (Å²) >= 11 is 1.46. The first kappa shape index (κ1) is 12.3. The molecule has 1 atom stereocenters. The van der Waals surface area contributed by atoms with Crippen LogP contribution in [0.2, 0.25) is 0 Å². The highest BCUT2D eigenvalue weighted by molar-refractivity contribution is 7.05. The number of furan rings is 1. The lowest BCUT2D eigenvalue weighted by Crippen LogP contribution is -2.21. The molecular weight excluding hydrogens is 234 g/mol. The standard InChI is InChI=1S/C12H17N3OS/c1-4-13-11(9-5-6-16-7-9)12-10(8(2)3)14-15-17-12/h5-8,11,13H,4H2,1-3H3. The highest BCUT2D eigenvalue weighted by Crippen LogP contribution is 2.30. The maximum atomic E-state index is 5.16. The number of nitrogens with one attached hydrogen (secondary N) is 1. The van der Waals surface area contributed by atoms with Crippen LogP contribution in [-0.4, -0.2) is 16.1 Å². The molecule has 17 heavy (non-hydrogen) atoms. The fourth-order valence-electron chi connectivity index (χ4n) is 1.81. The second kappa shape index (κ2) is 5.42. The molecule has 5 heteroatoms. The molecule has 2 rings (SSSR count). The van der Waals surface area contributed by atoms with Crippen molar-refractivity contribution in [2.45, 2.75) is 32.7 Å². The lowest BCUT2D eigenvalue weighted by Gasteiger charge is -2.16. The van der Waals surface area contributed by atoms with Crippen molar-refractivity contribution < 1.29 is 4.42 Å². The maximum Gasteiger partial charge on any atom is 0.0954 e. The van der Waals surface area contributed by atoms with Gasteiger partial charge in [-0.25, -0.2) is 0 Å². The average molecular weight is 251 g/mol. The number of hydrogen-bond acceptors (Lipinski definition) is 5. The van der Waals surface area contributed by atoms with Gasteiger partial charge in [-0.1, -0.05) is 25.3 Å². The number of hydrogen-bond donors (Lipinski definition) is 1. The predicted molar refractivity (Wildman–Crippen MR) is 68.2 cm³/mol. The van der Waals surface area contributed by atoms with Crippen molar-refractivity contribution in [3.63, 3.8) is 0 Å². The van der Waals surface area contributed by atoms with E-state index in [0.717, 1.165) is 17.8 Å². The summed E-state index contributed by atoms with van der Waals surface area (Å²) in [6.45, 7) is 7.26. The van der Waals surface area contributed by atoms with E-state index < -0.39 is 0 Å². The Morgan fingerprint density at radius 1 is 1.47 bits per heavy atom. The molecule has 0 fully saturated rings. The van der Waals surface area contributed by atoms with Crippen molar-refractivity contribution in [1.29, 1.82) is 0 Å². The molecule has 0 aliphatic heterocycles. The summed E-state index contributed by atoms with van der Waals surface area (Å²) in [5.41, 5.74) is 2.20. The minimum atomic E-state index is 0.135. The molecule has 1 unspecified atom stereocenters. The Labute approximate surface area is 105 Å². The molecule has 0 aliphatic carbocycles. The van der Waals surface area contributed by atoms with E-state index in [0.29, 0.717) is 5.92 Å². The van der Waals surface area contributed by atoms with Crippen LogP contribution in [0.1, 0.15) is 48.9 Å². The minimum absolute atomic E-state index is 0.135. The molecule has 0 radical (unpaired) electrons. The fourth-order valence-corrected chi connectivity index (χ4v) is 2.72. The topological polar surface area (TPSA) is 51.0 Å². The Hall–Kier alpha value is -1.20. The summed E-state index contributed by atoms with van der Waals surface area (Å²) in [6.07, 6.45) is 3.47. The van der Waals surface area contributed by atoms with Crippen LogP contribution in [0, 0.1) is 0 Å². The van der Waals surface area contributed by atoms with Crippen LogP contribution < -0.4 is 5.32 Å². The van der Waals surface area contributed by atoms with Gasteiger partial charge >= 0.3 is 0 Å². The van der Waals surface area contributed by atoms with Crippen LogP contribution >= 0.6 is 11.5 Å². The second-order valence-electron chi connectivity index (χ2n) is 4.22. The molecule has 4 nitrogen and oxygen atoms in total. The molecule has 0 aromatic carbocycles. The predicted octanol–water partition coefficient (Wildman–Crippen LogP) is 2.95. The van der Waals surface area contributed by atoms with Gasteiger partial charge in [-0.05, 0) is 30.1 Å². The lowest BCUT2D eigenvalue weighted by atomic mass is 10.0. The Bertz CT molecular complexity index is 450. The molecule has 0 saturated carbocycles. The third kappa shape index (κ3) is 2.56. The van der Waals surface area contributed by atoms with Crippen LogP contribution in [0.3, 0.4) is 0 Å². The number of nitrogens with zero attached hydrogens (tertiary/aromatic N) is 2. The largest absolute Gasteiger partial charge is 0.472 e. The quantitative estimate of drug-likeness (QED) is 0.887. The Kier molecular flexibility index (Phi) is 3.91. The van der Waals surface area contributed by atoms with Crippen molar-refractivity contribution in [2.75, 3.05) is 6.54 Å². The minimum Gasteiger partial charge on any atom is -0.472 e. The molecule has 2 aromatic rings. The third-order valence-corrected chi connectivity index (χ3v) is 3.44. The molecule has 0 spiro atoms. The SMILES string of the molecule is CCNC(c1ccoc1)c1snnc1C(C)C. The zero-order valence-electron chi connectivity index (χ0n) is 10.3. The van der Waals surface area contributed by atoms with Gasteiger partial charge < -0.3 is 9.73 Å². The van der Waals surface area contributed by atoms with Gasteiger partial charge in [0.05, 0.1) is 29.1 Å². The second-order valence-corrected chi connectivity index (χ2v) is 5.01. The van der Waals surface area contributed by atoms with Gasteiger partial charge in [0.15, 0.2) is 0 Å². The molecule has 0 bridgehead atoms. The van der Waals surface area contributed by atoms with Gasteiger partial charge in [0, 0.05) is 5.56 Å². The van der Waals surface area contributed by atoms with E-state index in [4.69, 9.17) is 4.42 Å². The first-order valence-corrected chi connectivity index (χ1v) is 6.59. The molecule has 1 N–H and O–H groups in total. The molecule has 2 aromatic heterocycles. The van der Waals surface area contributed by atoms with Gasteiger partial charge in [0.1, 0.15) is 0 Å². The first-order valence-electron chi connectivity index (χ1n) is 5.81. The van der Waals surface area contributed by atoms with E-state index in [-0.39, 0.29) is 6.04 Å². The maximum absolute atomic E-state index is 5.16. The van der Waals surface area contributed by atoms with Crippen LogP contribution in [-0.2, 0) is 0 Å². The van der Waals surface area contributed by atoms with E-state index in [1.807, 2.05) is 6.07 Å². The van der Waals surface area contributed by atoms with E-state index in [2.05, 4.69) is 35.7 Å². The number of rotatable bonds is 5. The first-order chi connectivity index (χ1) is 8.24. The van der Waals surface area contributed by atoms with Crippen LogP contribution in [0.5, 0.6) is 0 Å². The molecule has 0 saturated heterocycles. The van der Waals surface area contributed by atoms with E-state index in [1.165, 1.54) is 16.4 Å². The highest BCUT2D eigenvalue weighted by atomic mass is 32.1. The van der Waals surface area contributed by atoms with Gasteiger partial charge in [0.25, 0.3) is 0 Å². The van der Waals surface area contributed by atoms with Gasteiger partial charge in [-0.15, -0.1) is 5.10 Å². The smallest absolute Gasteiger partial charge is 0.0954 e. The Morgan fingerprint density at radius 3 is 2.88 bits per heavy atom. The zero-order valence-corrected chi connectivity index (χ0v) is 11.1. The molecular formula is C12H17N3OS. The molecule has 92 valence electrons. The molecule has 2 heterocycles. The zero-order chi connectivity index (χ0) is 12.3. The summed E-state index contributed by atoms with van der Waals surface area (Å²) in [5, 5.41) is 7.68. The van der Waals surface area contributed by atoms with E-state index in [1.54, 1.807) is 12.5 Å². The Morgan fingerprint density at radius 2 is 2.29 bits per heavy atom. The third-order valence-electron chi connectivity index (χ3n) is 2.63. The lowest BCUT2D eigenvalue weighted by molar-refractivity contribution is 0.553. The van der Waals surface area contributed by atoms with Crippen LogP contribution in [0.15, 0.2) is 23.0 Å². The highest BCUT2D eigenvalue weighted by Gasteiger charge is 2.22. The van der Waals surface area contributed by atoms with Crippen LogP contribution in [0.25, 0.3) is 0 Å². The monoisotopic (exact) mass is 251 g/mol. The summed E-state index contributed by atoms with van der Waals surface area (Å²) < 4.78 is 9.24. The van der Waals surface area contributed by atoms with Gasteiger partial charge in [-0.3, -0.25) is 0 Å². The van der Waals surface area contributed by atoms with Crippen molar-refractivity contribution in [3.8, 4) is 0 Å². The van der Waals surface area contributed by atoms with E-state index in [9.17, 15) is 0 Å². The number of aromatic nitrogens is 2. The van der Waals surface area contributed by atoms with Crippen molar-refractivity contribution in [3.05, 3.63) is 34.7 Å². The summed E-state index contributed by atoms with van der Waals surface area (Å²) in [4.78, 5) is 1.18. The van der Waals surface area contributed by atoms with Gasteiger partial charge in [0.2, 0.25) is 0 Å². The van der Waals surface area contributed by atoms with E-state index >= 15 is 0 Å². The van der Waals surface area contributed by atoms with Gasteiger partial charge in [-0.2, -0.15) is 0 Å². The normalized spacial score (nSPS) is 13.2. The van der Waals surface area contributed by atoms with Crippen molar-refractivity contribution in [1.82, 2.24) is 14.9 Å². The summed E-state index contributed by atoms with van der Waals surface area (Å²) in [7, 11) is 0. The summed E-state index contributed by atoms with van der Waals surface area (Å²) in [6, 6.07) is 2.12. The fraction of sp³-hybridized carbons (Fsp3) is 0.500. The Balaban J connectivity index is 2.36. The molecule has 0 amide bonds. The van der Waals surface area contributed by atoms with Crippen LogP contribution in [0.4, 0.5) is 0 Å². The summed E-state index contributed by atoms with van der Waals surface area (Å²) in [5.74, 6) is 0.386. The van der Waals surface area contributed by atoms with Crippen molar-refractivity contribution in [2.24, 2.45) is 0 Å². The van der Waals surface area contributed by atoms with Crippen molar-refractivity contribution >= 4 is 11.5 Å².